The van der Waals surface area contributed by atoms with E-state index in [0.29, 0.717) is 59.2 Å². The number of hydrogen-bond acceptors (Lipinski definition) is 13. The minimum Gasteiger partial charge on any atom is -0.431 e. The molecule has 0 amide bonds. The van der Waals surface area contributed by atoms with E-state index in [0.717, 1.165) is 0 Å². The van der Waals surface area contributed by atoms with E-state index in [-0.39, 0.29) is 28.7 Å². The minimum absolute atomic E-state index is 0.167. The standard InChI is InChI=1S/C35H25ClN3O10P3/c36-50(45-31-11-1-26(21-40)2-12-31)37-51(46-32-13-3-27(22-41)4-14-32,47-33-15-5-28(23-42)6-16-33)39-52(38-50,48-34-17-7-29(24-43)8-18-34)49-35-19-9-30(25-44)10-20-35/h1-25H. The lowest BCUT2D eigenvalue weighted by atomic mass is 10.2. The number of carbonyl (C=O) groups excluding carboxylic acids is 5. The number of benzene rings is 5. The van der Waals surface area contributed by atoms with Crippen LogP contribution in [-0.2, 0) is 0 Å². The summed E-state index contributed by atoms with van der Waals surface area (Å²) in [6.07, 6.45) is 3.32. The Morgan fingerprint density at radius 1 is 0.346 bits per heavy atom. The maximum Gasteiger partial charge on any atom is 0.459 e. The van der Waals surface area contributed by atoms with Crippen molar-refractivity contribution in [1.82, 2.24) is 0 Å². The fourth-order valence-electron chi connectivity index (χ4n) is 4.41. The Kier molecular flexibility index (Phi) is 11.0. The van der Waals surface area contributed by atoms with Gasteiger partial charge in [0.1, 0.15) is 60.2 Å². The van der Waals surface area contributed by atoms with Crippen LogP contribution in [0.1, 0.15) is 51.8 Å². The van der Waals surface area contributed by atoms with Crippen LogP contribution >= 0.6 is 33.3 Å². The molecule has 5 aromatic carbocycles. The van der Waals surface area contributed by atoms with Crippen LogP contribution in [0, 0.1) is 0 Å². The minimum atomic E-state index is -4.18. The highest BCUT2D eigenvalue weighted by atomic mass is 35.7. The summed E-state index contributed by atoms with van der Waals surface area (Å²) in [7, 11) is -8.36. The molecule has 0 aromatic heterocycles. The first-order valence-corrected chi connectivity index (χ1v) is 20.6. The van der Waals surface area contributed by atoms with Crippen LogP contribution < -0.4 is 22.6 Å². The van der Waals surface area contributed by atoms with Crippen molar-refractivity contribution in [2.24, 2.45) is 13.5 Å². The van der Waals surface area contributed by atoms with Gasteiger partial charge in [-0.15, -0.1) is 9.03 Å². The third-order valence-electron chi connectivity index (χ3n) is 6.87. The second-order valence-corrected chi connectivity index (χ2v) is 17.9. The Labute approximate surface area is 302 Å². The predicted octanol–water partition coefficient (Wildman–Crippen LogP) is 10.5. The van der Waals surface area contributed by atoms with E-state index in [2.05, 4.69) is 0 Å². The summed E-state index contributed by atoms with van der Waals surface area (Å²) < 4.78 is 46.6. The van der Waals surface area contributed by atoms with Crippen LogP contribution in [0.5, 0.6) is 28.7 Å². The van der Waals surface area contributed by atoms with Gasteiger partial charge in [-0.2, -0.15) is 0 Å². The van der Waals surface area contributed by atoms with Gasteiger partial charge in [-0.1, -0.05) is 4.52 Å². The van der Waals surface area contributed by atoms with Gasteiger partial charge in [0.05, 0.1) is 0 Å². The van der Waals surface area contributed by atoms with E-state index >= 15 is 0 Å². The molecule has 17 heteroatoms. The van der Waals surface area contributed by atoms with Crippen molar-refractivity contribution in [2.45, 2.75) is 0 Å². The van der Waals surface area contributed by atoms with E-state index in [1.165, 1.54) is 121 Å². The zero-order valence-corrected chi connectivity index (χ0v) is 30.0. The summed E-state index contributed by atoms with van der Waals surface area (Å²) in [5.74, 6) is 0.844. The molecule has 1 unspecified atom stereocenters. The van der Waals surface area contributed by atoms with E-state index in [4.69, 9.17) is 47.4 Å². The van der Waals surface area contributed by atoms with E-state index < -0.39 is 22.1 Å². The molecule has 0 saturated carbocycles. The molecule has 0 fully saturated rings. The number of rotatable bonds is 15. The molecule has 0 spiro atoms. The lowest BCUT2D eigenvalue weighted by Crippen LogP contribution is -2.08. The molecule has 52 heavy (non-hydrogen) atoms. The average Bonchev–Trinajstić information content (AvgIpc) is 3.16. The molecule has 1 aliphatic heterocycles. The summed E-state index contributed by atoms with van der Waals surface area (Å²) in [4.78, 5) is 57.1. The molecule has 1 aliphatic rings. The Bertz CT molecular complexity index is 2070. The molecule has 1 atom stereocenters. The summed E-state index contributed by atoms with van der Waals surface area (Å²) in [6.45, 7) is -4.05. The first-order chi connectivity index (χ1) is 25.2. The second-order valence-electron chi connectivity index (χ2n) is 10.6. The maximum absolute atomic E-state index is 11.4. The molecule has 13 nitrogen and oxygen atoms in total. The highest BCUT2D eigenvalue weighted by Gasteiger charge is 2.46. The highest BCUT2D eigenvalue weighted by molar-refractivity contribution is 7.94. The van der Waals surface area contributed by atoms with Gasteiger partial charge in [0.15, 0.2) is 0 Å². The highest BCUT2D eigenvalue weighted by Crippen LogP contribution is 2.80. The van der Waals surface area contributed by atoms with E-state index in [9.17, 15) is 24.0 Å². The Morgan fingerprint density at radius 3 is 0.827 bits per heavy atom. The molecule has 262 valence electrons. The van der Waals surface area contributed by atoms with Gasteiger partial charge in [0.25, 0.3) is 0 Å². The van der Waals surface area contributed by atoms with Crippen LogP contribution in [0.3, 0.4) is 0 Å². The first-order valence-electron chi connectivity index (χ1n) is 15.0. The quantitative estimate of drug-likeness (QED) is 0.0736. The second kappa shape index (κ2) is 15.8. The topological polar surface area (TPSA) is 169 Å². The monoisotopic (exact) mass is 775 g/mol. The smallest absolute Gasteiger partial charge is 0.431 e. The molecule has 1 heterocycles. The van der Waals surface area contributed by atoms with Gasteiger partial charge in [-0.25, -0.2) is 0 Å². The van der Waals surface area contributed by atoms with Crippen molar-refractivity contribution in [3.8, 4) is 28.7 Å². The van der Waals surface area contributed by atoms with Crippen molar-refractivity contribution < 1.29 is 46.6 Å². The number of nitrogens with zero attached hydrogens (tertiary/aromatic N) is 3. The fraction of sp³-hybridized carbons (Fsp3) is 0. The summed E-state index contributed by atoms with van der Waals surface area (Å²) in [5, 5.41) is 0. The summed E-state index contributed by atoms with van der Waals surface area (Å²) in [6, 6.07) is 30.2. The largest absolute Gasteiger partial charge is 0.459 e. The SMILES string of the molecule is O=Cc1ccc(OP2(Cl)=NP(Oc3ccc(C=O)cc3)(Oc3ccc(C=O)cc3)=NP(Oc3ccc(C=O)cc3)(Oc3ccc(C=O)cc3)=N2)cc1. The lowest BCUT2D eigenvalue weighted by molar-refractivity contribution is 0.111. The van der Waals surface area contributed by atoms with Gasteiger partial charge in [0.2, 0.25) is 0 Å². The van der Waals surface area contributed by atoms with Gasteiger partial charge < -0.3 is 22.6 Å². The first kappa shape index (κ1) is 36.2. The molecule has 0 radical (unpaired) electrons. The van der Waals surface area contributed by atoms with Gasteiger partial charge in [-0.3, -0.25) is 24.0 Å². The average molecular weight is 776 g/mol. The Morgan fingerprint density at radius 2 is 0.577 bits per heavy atom. The molecule has 6 rings (SSSR count). The zero-order valence-electron chi connectivity index (χ0n) is 26.6. The third-order valence-corrected chi connectivity index (χ3v) is 15.9. The van der Waals surface area contributed by atoms with Crippen LogP contribution in [-0.4, -0.2) is 31.4 Å². The van der Waals surface area contributed by atoms with Crippen LogP contribution in [0.4, 0.5) is 0 Å². The number of carbonyl (C=O) groups is 5. The zero-order chi connectivity index (χ0) is 36.6. The summed E-state index contributed by atoms with van der Waals surface area (Å²) in [5.41, 5.74) is 1.84. The number of aldehydes is 5. The van der Waals surface area contributed by atoms with Crippen molar-refractivity contribution in [1.29, 1.82) is 0 Å². The normalized spacial score (nSPS) is 16.6. The van der Waals surface area contributed by atoms with Crippen molar-refractivity contribution >= 4 is 64.8 Å². The predicted molar refractivity (Wildman–Crippen MR) is 196 cm³/mol. The van der Waals surface area contributed by atoms with Crippen LogP contribution in [0.15, 0.2) is 135 Å². The van der Waals surface area contributed by atoms with Gasteiger partial charge >= 0.3 is 22.1 Å². The molecule has 5 aromatic rings. The molecule has 0 N–H and O–H groups in total. The van der Waals surface area contributed by atoms with Crippen molar-refractivity contribution in [3.05, 3.63) is 149 Å². The lowest BCUT2D eigenvalue weighted by Gasteiger charge is -2.31. The van der Waals surface area contributed by atoms with Crippen LogP contribution in [0.2, 0.25) is 0 Å². The molecule has 0 bridgehead atoms. The van der Waals surface area contributed by atoms with E-state index in [1.807, 2.05) is 0 Å². The Balaban J connectivity index is 1.62. The number of halogens is 1. The van der Waals surface area contributed by atoms with Crippen molar-refractivity contribution in [2.75, 3.05) is 0 Å². The van der Waals surface area contributed by atoms with E-state index in [1.54, 1.807) is 0 Å². The molecular formula is C35H25ClN3O10P3. The third kappa shape index (κ3) is 8.83. The number of hydrogen-bond donors (Lipinski definition) is 0. The Hall–Kier alpha value is -5.57. The molecule has 0 aliphatic carbocycles. The van der Waals surface area contributed by atoms with Crippen LogP contribution in [0.25, 0.3) is 0 Å². The fourth-order valence-corrected chi connectivity index (χ4v) is 14.5. The maximum atomic E-state index is 11.4. The summed E-state index contributed by atoms with van der Waals surface area (Å²) >= 11 is 7.28. The van der Waals surface area contributed by atoms with Gasteiger partial charge in [0, 0.05) is 27.8 Å². The molecule has 0 saturated heterocycles. The molecular weight excluding hydrogens is 751 g/mol. The van der Waals surface area contributed by atoms with Crippen molar-refractivity contribution in [3.63, 3.8) is 0 Å². The van der Waals surface area contributed by atoms with Gasteiger partial charge in [-0.05, 0) is 133 Å².